The lowest BCUT2D eigenvalue weighted by Gasteiger charge is -2.26. The molecule has 5 heteroatoms. The van der Waals surface area contributed by atoms with Crippen molar-refractivity contribution in [2.24, 2.45) is 0 Å². The topological polar surface area (TPSA) is 58.0 Å². The van der Waals surface area contributed by atoms with Gasteiger partial charge in [0.1, 0.15) is 0 Å². The molecule has 90 valence electrons. The molecule has 4 nitrogen and oxygen atoms in total. The number of hydrogen-bond donors (Lipinski definition) is 2. The number of halogens is 1. The minimum Gasteiger partial charge on any atom is -0.396 e. The van der Waals surface area contributed by atoms with Gasteiger partial charge in [0.15, 0.2) is 11.0 Å². The first-order valence-electron chi connectivity index (χ1n) is 5.25. The Balaban J connectivity index is 2.93. The third-order valence-corrected chi connectivity index (χ3v) is 2.72. The average molecular weight is 244 g/mol. The Morgan fingerprint density at radius 2 is 1.81 bits per heavy atom. The molecule has 0 fully saturated rings. The normalized spacial score (nSPS) is 11.6. The van der Waals surface area contributed by atoms with Crippen LogP contribution in [0.2, 0.25) is 5.15 Å². The zero-order chi connectivity index (χ0) is 12.3. The van der Waals surface area contributed by atoms with Crippen LogP contribution in [0.4, 0.5) is 5.82 Å². The van der Waals surface area contributed by atoms with Crippen LogP contribution in [0.1, 0.15) is 31.7 Å². The molecule has 2 N–H and O–H groups in total. The first-order valence-corrected chi connectivity index (χ1v) is 5.63. The summed E-state index contributed by atoms with van der Waals surface area (Å²) in [4.78, 5) is 8.55. The van der Waals surface area contributed by atoms with Crippen molar-refractivity contribution in [2.45, 2.75) is 39.7 Å². The smallest absolute Gasteiger partial charge is 0.171 e. The van der Waals surface area contributed by atoms with E-state index in [9.17, 15) is 0 Å². The second-order valence-corrected chi connectivity index (χ2v) is 4.87. The molecule has 1 heterocycles. The summed E-state index contributed by atoms with van der Waals surface area (Å²) in [6, 6.07) is 0. The maximum atomic E-state index is 8.94. The third kappa shape index (κ3) is 3.32. The zero-order valence-corrected chi connectivity index (χ0v) is 10.9. The van der Waals surface area contributed by atoms with Gasteiger partial charge in [0.2, 0.25) is 0 Å². The number of nitrogens with one attached hydrogen (secondary N) is 1. The van der Waals surface area contributed by atoms with Crippen molar-refractivity contribution < 1.29 is 5.11 Å². The minimum atomic E-state index is -0.255. The molecule has 0 atom stereocenters. The van der Waals surface area contributed by atoms with Gasteiger partial charge in [-0.3, -0.25) is 0 Å². The van der Waals surface area contributed by atoms with Crippen molar-refractivity contribution in [1.82, 2.24) is 9.97 Å². The molecule has 0 unspecified atom stereocenters. The van der Waals surface area contributed by atoms with Gasteiger partial charge in [0.25, 0.3) is 0 Å². The van der Waals surface area contributed by atoms with Crippen molar-refractivity contribution in [1.29, 1.82) is 0 Å². The SMILES string of the molecule is Cc1nc(Cl)c(NC(C)(C)CCO)nc1C. The lowest BCUT2D eigenvalue weighted by molar-refractivity contribution is 0.260. The van der Waals surface area contributed by atoms with Gasteiger partial charge < -0.3 is 10.4 Å². The van der Waals surface area contributed by atoms with Crippen molar-refractivity contribution in [3.05, 3.63) is 16.5 Å². The lowest BCUT2D eigenvalue weighted by Crippen LogP contribution is -2.32. The van der Waals surface area contributed by atoms with Gasteiger partial charge in [-0.05, 0) is 34.1 Å². The predicted molar refractivity (Wildman–Crippen MR) is 65.9 cm³/mol. The van der Waals surface area contributed by atoms with E-state index in [0.29, 0.717) is 17.4 Å². The molecule has 0 amide bonds. The fourth-order valence-electron chi connectivity index (χ4n) is 1.32. The molecule has 0 bridgehead atoms. The van der Waals surface area contributed by atoms with Crippen LogP contribution in [0.25, 0.3) is 0 Å². The van der Waals surface area contributed by atoms with E-state index in [1.807, 2.05) is 27.7 Å². The van der Waals surface area contributed by atoms with Crippen molar-refractivity contribution in [2.75, 3.05) is 11.9 Å². The number of aliphatic hydroxyl groups excluding tert-OH is 1. The number of hydrogen-bond acceptors (Lipinski definition) is 4. The fourth-order valence-corrected chi connectivity index (χ4v) is 1.53. The van der Waals surface area contributed by atoms with Gasteiger partial charge in [-0.25, -0.2) is 9.97 Å². The summed E-state index contributed by atoms with van der Waals surface area (Å²) in [5.41, 5.74) is 1.43. The Kier molecular flexibility index (Phi) is 4.10. The largest absolute Gasteiger partial charge is 0.396 e. The Labute approximate surface area is 101 Å². The Bertz CT molecular complexity index is 380. The molecule has 0 aliphatic rings. The predicted octanol–water partition coefficient (Wildman–Crippen LogP) is 2.32. The maximum Gasteiger partial charge on any atom is 0.171 e. The minimum absolute atomic E-state index is 0.121. The molecular formula is C11H18ClN3O. The first-order chi connectivity index (χ1) is 7.35. The summed E-state index contributed by atoms with van der Waals surface area (Å²) in [5.74, 6) is 0.572. The van der Waals surface area contributed by atoms with Gasteiger partial charge in [-0.2, -0.15) is 0 Å². The van der Waals surface area contributed by atoms with Gasteiger partial charge in [-0.1, -0.05) is 11.6 Å². The zero-order valence-electron chi connectivity index (χ0n) is 10.1. The highest BCUT2D eigenvalue weighted by Crippen LogP contribution is 2.23. The van der Waals surface area contributed by atoms with E-state index in [1.54, 1.807) is 0 Å². The van der Waals surface area contributed by atoms with E-state index in [2.05, 4.69) is 15.3 Å². The molecule has 0 spiro atoms. The summed E-state index contributed by atoms with van der Waals surface area (Å²) in [6.45, 7) is 7.85. The number of aryl methyl sites for hydroxylation is 2. The van der Waals surface area contributed by atoms with Crippen LogP contribution in [0.3, 0.4) is 0 Å². The van der Waals surface area contributed by atoms with Crippen LogP contribution >= 0.6 is 11.6 Å². The van der Waals surface area contributed by atoms with E-state index in [0.717, 1.165) is 11.4 Å². The van der Waals surface area contributed by atoms with Gasteiger partial charge >= 0.3 is 0 Å². The molecule has 1 rings (SSSR count). The third-order valence-electron chi connectivity index (χ3n) is 2.46. The number of aromatic nitrogens is 2. The molecule has 0 aliphatic heterocycles. The van der Waals surface area contributed by atoms with Crippen molar-refractivity contribution in [3.63, 3.8) is 0 Å². The molecule has 0 radical (unpaired) electrons. The fraction of sp³-hybridized carbons (Fsp3) is 0.636. The van der Waals surface area contributed by atoms with Crippen LogP contribution < -0.4 is 5.32 Å². The van der Waals surface area contributed by atoms with Gasteiger partial charge in [0, 0.05) is 12.1 Å². The van der Waals surface area contributed by atoms with Gasteiger partial charge in [0.05, 0.1) is 11.4 Å². The highest BCUT2D eigenvalue weighted by atomic mass is 35.5. The lowest BCUT2D eigenvalue weighted by atomic mass is 10.0. The molecule has 1 aromatic rings. The van der Waals surface area contributed by atoms with Gasteiger partial charge in [-0.15, -0.1) is 0 Å². The molecule has 0 saturated carbocycles. The monoisotopic (exact) mass is 243 g/mol. The van der Waals surface area contributed by atoms with E-state index in [4.69, 9.17) is 16.7 Å². The van der Waals surface area contributed by atoms with E-state index < -0.39 is 0 Å². The van der Waals surface area contributed by atoms with E-state index >= 15 is 0 Å². The second-order valence-electron chi connectivity index (χ2n) is 4.52. The number of nitrogens with zero attached hydrogens (tertiary/aromatic N) is 2. The number of rotatable bonds is 4. The highest BCUT2D eigenvalue weighted by molar-refractivity contribution is 6.31. The molecular weight excluding hydrogens is 226 g/mol. The number of aliphatic hydroxyl groups is 1. The summed E-state index contributed by atoms with van der Waals surface area (Å²) in [7, 11) is 0. The Morgan fingerprint density at radius 3 is 2.38 bits per heavy atom. The highest BCUT2D eigenvalue weighted by Gasteiger charge is 2.19. The second kappa shape index (κ2) is 4.97. The summed E-state index contributed by atoms with van der Waals surface area (Å²) < 4.78 is 0. The van der Waals surface area contributed by atoms with Crippen LogP contribution in [-0.2, 0) is 0 Å². The molecule has 0 aromatic carbocycles. The molecule has 16 heavy (non-hydrogen) atoms. The summed E-state index contributed by atoms with van der Waals surface area (Å²) in [5, 5.41) is 12.5. The van der Waals surface area contributed by atoms with Crippen LogP contribution in [0.15, 0.2) is 0 Å². The quantitative estimate of drug-likeness (QED) is 0.852. The molecule has 1 aromatic heterocycles. The summed E-state index contributed by atoms with van der Waals surface area (Å²) in [6.07, 6.45) is 0.623. The van der Waals surface area contributed by atoms with Crippen LogP contribution in [0, 0.1) is 13.8 Å². The molecule has 0 aliphatic carbocycles. The maximum absolute atomic E-state index is 8.94. The standard InChI is InChI=1S/C11H18ClN3O/c1-7-8(2)14-10(9(12)13-7)15-11(3,4)5-6-16/h16H,5-6H2,1-4H3,(H,14,15). The van der Waals surface area contributed by atoms with Crippen molar-refractivity contribution >= 4 is 17.4 Å². The van der Waals surface area contributed by atoms with E-state index in [1.165, 1.54) is 0 Å². The Hall–Kier alpha value is -0.870. The summed E-state index contributed by atoms with van der Waals surface area (Å²) >= 11 is 6.01. The Morgan fingerprint density at radius 1 is 1.25 bits per heavy atom. The van der Waals surface area contributed by atoms with E-state index in [-0.39, 0.29) is 12.1 Å². The van der Waals surface area contributed by atoms with Crippen molar-refractivity contribution in [3.8, 4) is 0 Å². The first kappa shape index (κ1) is 13.2. The number of anilines is 1. The molecule has 0 saturated heterocycles. The van der Waals surface area contributed by atoms with Crippen LogP contribution in [-0.4, -0.2) is 27.2 Å². The average Bonchev–Trinajstić information content (AvgIpc) is 2.13. The van der Waals surface area contributed by atoms with Crippen LogP contribution in [0.5, 0.6) is 0 Å².